The van der Waals surface area contributed by atoms with Crippen LogP contribution in [-0.4, -0.2) is 23.2 Å². The van der Waals surface area contributed by atoms with Gasteiger partial charge in [-0.05, 0) is 56.1 Å². The van der Waals surface area contributed by atoms with Gasteiger partial charge in [-0.15, -0.1) is 0 Å². The lowest BCUT2D eigenvalue weighted by Crippen LogP contribution is -2.46. The Hall–Kier alpha value is -1.13. The minimum Gasteiger partial charge on any atom is -0.331 e. The van der Waals surface area contributed by atoms with Crippen molar-refractivity contribution in [3.05, 3.63) is 29.3 Å². The molecule has 2 rings (SSSR count). The predicted molar refractivity (Wildman–Crippen MR) is 80.7 cm³/mol. The second kappa shape index (κ2) is 6.16. The summed E-state index contributed by atoms with van der Waals surface area (Å²) in [6, 6.07) is 6.35. The SMILES string of the molecule is Cc1ccc(C)c(NC(=S)NN2CCCCC2)c1. The topological polar surface area (TPSA) is 27.3 Å². The lowest BCUT2D eigenvalue weighted by Gasteiger charge is -2.28. The van der Waals surface area contributed by atoms with Crippen molar-refractivity contribution in [2.75, 3.05) is 18.4 Å². The summed E-state index contributed by atoms with van der Waals surface area (Å²) in [6.07, 6.45) is 3.83. The third kappa shape index (κ3) is 3.68. The Labute approximate surface area is 115 Å². The van der Waals surface area contributed by atoms with Gasteiger partial charge in [0, 0.05) is 18.8 Å². The molecule has 1 heterocycles. The van der Waals surface area contributed by atoms with Crippen molar-refractivity contribution in [1.29, 1.82) is 0 Å². The highest BCUT2D eigenvalue weighted by Crippen LogP contribution is 2.16. The quantitative estimate of drug-likeness (QED) is 0.802. The van der Waals surface area contributed by atoms with E-state index in [1.807, 2.05) is 0 Å². The van der Waals surface area contributed by atoms with Gasteiger partial charge < -0.3 is 5.32 Å². The van der Waals surface area contributed by atoms with Crippen LogP contribution in [0, 0.1) is 13.8 Å². The number of hydrogen-bond donors (Lipinski definition) is 2. The van der Waals surface area contributed by atoms with Crippen molar-refractivity contribution in [2.45, 2.75) is 33.1 Å². The number of rotatable bonds is 2. The molecule has 1 aromatic rings. The Balaban J connectivity index is 1.92. The van der Waals surface area contributed by atoms with E-state index in [4.69, 9.17) is 12.2 Å². The number of benzene rings is 1. The molecule has 1 saturated heterocycles. The Morgan fingerprint density at radius 3 is 2.61 bits per heavy atom. The van der Waals surface area contributed by atoms with Crippen LogP contribution < -0.4 is 10.7 Å². The fraction of sp³-hybridized carbons (Fsp3) is 0.500. The van der Waals surface area contributed by atoms with Gasteiger partial charge in [-0.2, -0.15) is 0 Å². The molecule has 0 saturated carbocycles. The number of nitrogens with zero attached hydrogens (tertiary/aromatic N) is 1. The van der Waals surface area contributed by atoms with E-state index >= 15 is 0 Å². The number of nitrogens with one attached hydrogen (secondary N) is 2. The molecule has 0 spiro atoms. The summed E-state index contributed by atoms with van der Waals surface area (Å²) in [4.78, 5) is 0. The first-order chi connectivity index (χ1) is 8.65. The van der Waals surface area contributed by atoms with Crippen molar-refractivity contribution in [2.24, 2.45) is 0 Å². The number of hydrazine groups is 1. The van der Waals surface area contributed by atoms with Crippen LogP contribution in [0.3, 0.4) is 0 Å². The molecule has 0 atom stereocenters. The maximum absolute atomic E-state index is 5.36. The third-order valence-corrected chi connectivity index (χ3v) is 3.45. The number of thiocarbonyl (C=S) groups is 1. The Kier molecular flexibility index (Phi) is 4.55. The first kappa shape index (κ1) is 13.3. The zero-order valence-corrected chi connectivity index (χ0v) is 11.9. The fourth-order valence-corrected chi connectivity index (χ4v) is 2.41. The Bertz CT molecular complexity index is 425. The summed E-state index contributed by atoms with van der Waals surface area (Å²) in [5.41, 5.74) is 6.81. The molecular weight excluding hydrogens is 242 g/mol. The lowest BCUT2D eigenvalue weighted by molar-refractivity contribution is 0.196. The van der Waals surface area contributed by atoms with Crippen LogP contribution in [0.25, 0.3) is 0 Å². The van der Waals surface area contributed by atoms with Crippen LogP contribution in [0.15, 0.2) is 18.2 Å². The van der Waals surface area contributed by atoms with Crippen LogP contribution >= 0.6 is 12.2 Å². The van der Waals surface area contributed by atoms with Crippen LogP contribution in [-0.2, 0) is 0 Å². The summed E-state index contributed by atoms with van der Waals surface area (Å²) >= 11 is 5.36. The number of piperidine rings is 1. The van der Waals surface area contributed by atoms with E-state index in [1.54, 1.807) is 0 Å². The third-order valence-electron chi connectivity index (χ3n) is 3.26. The maximum atomic E-state index is 5.36. The van der Waals surface area contributed by atoms with E-state index in [0.717, 1.165) is 18.8 Å². The van der Waals surface area contributed by atoms with Gasteiger partial charge in [-0.25, -0.2) is 5.01 Å². The number of anilines is 1. The first-order valence-electron chi connectivity index (χ1n) is 6.55. The molecule has 1 aliphatic heterocycles. The second-order valence-corrected chi connectivity index (χ2v) is 5.34. The number of aryl methyl sites for hydroxylation is 2. The zero-order chi connectivity index (χ0) is 13.0. The second-order valence-electron chi connectivity index (χ2n) is 4.93. The minimum atomic E-state index is 0.686. The van der Waals surface area contributed by atoms with E-state index in [-0.39, 0.29) is 0 Å². The average molecular weight is 263 g/mol. The summed E-state index contributed by atoms with van der Waals surface area (Å²) in [5, 5.41) is 6.16. The van der Waals surface area contributed by atoms with Gasteiger partial charge in [-0.1, -0.05) is 18.6 Å². The molecule has 18 heavy (non-hydrogen) atoms. The van der Waals surface area contributed by atoms with Gasteiger partial charge in [0.25, 0.3) is 0 Å². The van der Waals surface area contributed by atoms with Crippen LogP contribution in [0.1, 0.15) is 30.4 Å². The molecule has 0 radical (unpaired) electrons. The van der Waals surface area contributed by atoms with Gasteiger partial charge in [-0.3, -0.25) is 5.43 Å². The van der Waals surface area contributed by atoms with Crippen LogP contribution in [0.5, 0.6) is 0 Å². The zero-order valence-electron chi connectivity index (χ0n) is 11.1. The predicted octanol–water partition coefficient (Wildman–Crippen LogP) is 2.99. The van der Waals surface area contributed by atoms with E-state index < -0.39 is 0 Å². The molecule has 1 aromatic carbocycles. The molecule has 3 nitrogen and oxygen atoms in total. The lowest BCUT2D eigenvalue weighted by atomic mass is 10.1. The monoisotopic (exact) mass is 263 g/mol. The van der Waals surface area contributed by atoms with Gasteiger partial charge in [0.1, 0.15) is 0 Å². The van der Waals surface area contributed by atoms with Gasteiger partial charge in [0.15, 0.2) is 5.11 Å². The van der Waals surface area contributed by atoms with E-state index in [2.05, 4.69) is 47.8 Å². The minimum absolute atomic E-state index is 0.686. The molecule has 0 aromatic heterocycles. The Morgan fingerprint density at radius 2 is 1.89 bits per heavy atom. The summed E-state index contributed by atoms with van der Waals surface area (Å²) in [6.45, 7) is 6.33. The van der Waals surface area contributed by atoms with Crippen molar-refractivity contribution < 1.29 is 0 Å². The molecule has 0 amide bonds. The largest absolute Gasteiger partial charge is 0.331 e. The smallest absolute Gasteiger partial charge is 0.185 e. The molecule has 1 fully saturated rings. The van der Waals surface area contributed by atoms with Gasteiger partial charge in [0.2, 0.25) is 0 Å². The summed E-state index contributed by atoms with van der Waals surface area (Å²) in [7, 11) is 0. The molecule has 0 aliphatic carbocycles. The first-order valence-corrected chi connectivity index (χ1v) is 6.96. The van der Waals surface area contributed by atoms with Crippen molar-refractivity contribution in [1.82, 2.24) is 10.4 Å². The molecule has 4 heteroatoms. The normalized spacial score (nSPS) is 16.3. The number of hydrogen-bond acceptors (Lipinski definition) is 2. The average Bonchev–Trinajstić information content (AvgIpc) is 2.35. The van der Waals surface area contributed by atoms with Crippen LogP contribution in [0.2, 0.25) is 0 Å². The van der Waals surface area contributed by atoms with E-state index in [9.17, 15) is 0 Å². The van der Waals surface area contributed by atoms with Crippen molar-refractivity contribution in [3.63, 3.8) is 0 Å². The van der Waals surface area contributed by atoms with Gasteiger partial charge in [0.05, 0.1) is 0 Å². The maximum Gasteiger partial charge on any atom is 0.185 e. The molecule has 2 N–H and O–H groups in total. The van der Waals surface area contributed by atoms with Crippen molar-refractivity contribution >= 4 is 23.0 Å². The van der Waals surface area contributed by atoms with Gasteiger partial charge >= 0.3 is 0 Å². The summed E-state index contributed by atoms with van der Waals surface area (Å²) < 4.78 is 0. The highest BCUT2D eigenvalue weighted by atomic mass is 32.1. The van der Waals surface area contributed by atoms with E-state index in [0.29, 0.717) is 5.11 Å². The van der Waals surface area contributed by atoms with Crippen LogP contribution in [0.4, 0.5) is 5.69 Å². The van der Waals surface area contributed by atoms with E-state index in [1.165, 1.54) is 30.4 Å². The standard InChI is InChI=1S/C14H21N3S/c1-11-6-7-12(2)13(10-11)15-14(18)16-17-8-4-3-5-9-17/h6-7,10H,3-5,8-9H2,1-2H3,(H2,15,16,18). The highest BCUT2D eigenvalue weighted by Gasteiger charge is 2.11. The molecule has 1 aliphatic rings. The molecular formula is C14H21N3S. The summed E-state index contributed by atoms with van der Waals surface area (Å²) in [5.74, 6) is 0. The highest BCUT2D eigenvalue weighted by molar-refractivity contribution is 7.80. The molecule has 0 bridgehead atoms. The molecule has 98 valence electrons. The molecule has 0 unspecified atom stereocenters. The Morgan fingerprint density at radius 1 is 1.17 bits per heavy atom. The fourth-order valence-electron chi connectivity index (χ4n) is 2.17. The van der Waals surface area contributed by atoms with Crippen molar-refractivity contribution in [3.8, 4) is 0 Å².